The molecule has 0 radical (unpaired) electrons. The molecule has 34 heavy (non-hydrogen) atoms. The van der Waals surface area contributed by atoms with Gasteiger partial charge in [0.15, 0.2) is 5.58 Å². The standard InChI is InChI=1S/C26H25ClN2O5/c27-20-10-12-21(13-11-20)33-17-15-29(26-28-23-8-1-2-9-24(23)34-26)14-3-4-16-32-22-7-5-6-19(18-22)25(30)31/h1-2,5-13,18H,3-4,14-17H2,(H,30,31). The monoisotopic (exact) mass is 480 g/mol. The second kappa shape index (κ2) is 11.4. The zero-order valence-corrected chi connectivity index (χ0v) is 19.3. The zero-order valence-electron chi connectivity index (χ0n) is 18.5. The molecule has 0 atom stereocenters. The van der Waals surface area contributed by atoms with Crippen molar-refractivity contribution < 1.29 is 23.8 Å². The highest BCUT2D eigenvalue weighted by Gasteiger charge is 2.14. The van der Waals surface area contributed by atoms with E-state index in [0.29, 0.717) is 43.1 Å². The molecule has 0 fully saturated rings. The first kappa shape index (κ1) is 23.4. The molecule has 0 unspecified atom stereocenters. The van der Waals surface area contributed by atoms with Crippen molar-refractivity contribution in [2.75, 3.05) is 31.2 Å². The second-order valence-corrected chi connectivity index (χ2v) is 8.08. The Hall–Kier alpha value is -3.71. The van der Waals surface area contributed by atoms with Gasteiger partial charge >= 0.3 is 5.97 Å². The third-order valence-electron chi connectivity index (χ3n) is 5.17. The van der Waals surface area contributed by atoms with E-state index in [4.69, 9.17) is 30.6 Å². The lowest BCUT2D eigenvalue weighted by atomic mass is 10.2. The van der Waals surface area contributed by atoms with Crippen LogP contribution in [-0.2, 0) is 0 Å². The van der Waals surface area contributed by atoms with Gasteiger partial charge in [0.2, 0.25) is 0 Å². The number of carboxylic acid groups (broad SMARTS) is 1. The number of aromatic nitrogens is 1. The number of carbonyl (C=O) groups is 1. The Bertz CT molecular complexity index is 1190. The first-order chi connectivity index (χ1) is 16.6. The van der Waals surface area contributed by atoms with Gasteiger partial charge in [0, 0.05) is 11.6 Å². The van der Waals surface area contributed by atoms with Gasteiger partial charge < -0.3 is 23.9 Å². The lowest BCUT2D eigenvalue weighted by Gasteiger charge is -2.21. The number of oxazole rings is 1. The maximum atomic E-state index is 11.1. The molecular formula is C26H25ClN2O5. The van der Waals surface area contributed by atoms with Crippen molar-refractivity contribution in [3.8, 4) is 11.5 Å². The van der Waals surface area contributed by atoms with Gasteiger partial charge in [0.25, 0.3) is 6.01 Å². The van der Waals surface area contributed by atoms with Crippen LogP contribution in [0.5, 0.6) is 11.5 Å². The number of nitrogens with zero attached hydrogens (tertiary/aromatic N) is 2. The number of para-hydroxylation sites is 2. The summed E-state index contributed by atoms with van der Waals surface area (Å²) < 4.78 is 17.6. The van der Waals surface area contributed by atoms with Gasteiger partial charge in [-0.2, -0.15) is 4.98 Å². The van der Waals surface area contributed by atoms with Crippen LogP contribution in [0.3, 0.4) is 0 Å². The Morgan fingerprint density at radius 2 is 1.71 bits per heavy atom. The number of fused-ring (bicyclic) bond motifs is 1. The van der Waals surface area contributed by atoms with Gasteiger partial charge in [-0.25, -0.2) is 4.79 Å². The van der Waals surface area contributed by atoms with E-state index in [1.165, 1.54) is 6.07 Å². The van der Waals surface area contributed by atoms with Crippen molar-refractivity contribution >= 4 is 34.7 Å². The fourth-order valence-electron chi connectivity index (χ4n) is 3.42. The van der Waals surface area contributed by atoms with E-state index in [1.807, 2.05) is 36.4 Å². The maximum absolute atomic E-state index is 11.1. The van der Waals surface area contributed by atoms with Crippen molar-refractivity contribution in [1.82, 2.24) is 4.98 Å². The zero-order chi connectivity index (χ0) is 23.8. The number of hydrogen-bond acceptors (Lipinski definition) is 6. The number of ether oxygens (including phenoxy) is 2. The van der Waals surface area contributed by atoms with Crippen molar-refractivity contribution in [2.45, 2.75) is 12.8 Å². The van der Waals surface area contributed by atoms with Crippen molar-refractivity contribution in [1.29, 1.82) is 0 Å². The molecule has 8 heteroatoms. The number of anilines is 1. The summed E-state index contributed by atoms with van der Waals surface area (Å²) in [4.78, 5) is 17.8. The topological polar surface area (TPSA) is 85.0 Å². The Labute approximate surface area is 202 Å². The molecule has 3 aromatic carbocycles. The summed E-state index contributed by atoms with van der Waals surface area (Å²) >= 11 is 5.94. The number of carboxylic acids is 1. The summed E-state index contributed by atoms with van der Waals surface area (Å²) in [6, 6.07) is 22.0. The van der Waals surface area contributed by atoms with Gasteiger partial charge in [0.1, 0.15) is 23.6 Å². The van der Waals surface area contributed by atoms with Crippen LogP contribution in [0, 0.1) is 0 Å². The van der Waals surface area contributed by atoms with E-state index < -0.39 is 5.97 Å². The van der Waals surface area contributed by atoms with Gasteiger partial charge in [0.05, 0.1) is 18.7 Å². The number of halogens is 1. The average molecular weight is 481 g/mol. The predicted octanol–water partition coefficient (Wildman–Crippen LogP) is 5.92. The predicted molar refractivity (Wildman–Crippen MR) is 131 cm³/mol. The highest BCUT2D eigenvalue weighted by atomic mass is 35.5. The molecule has 1 heterocycles. The number of benzene rings is 3. The number of aromatic carboxylic acids is 1. The summed E-state index contributed by atoms with van der Waals surface area (Å²) in [5.41, 5.74) is 1.76. The molecule has 0 saturated heterocycles. The summed E-state index contributed by atoms with van der Waals surface area (Å²) in [5, 5.41) is 9.77. The molecule has 0 aliphatic heterocycles. The third kappa shape index (κ3) is 6.42. The minimum absolute atomic E-state index is 0.209. The third-order valence-corrected chi connectivity index (χ3v) is 5.42. The van der Waals surface area contributed by atoms with Crippen molar-refractivity contribution in [2.24, 2.45) is 0 Å². The first-order valence-electron chi connectivity index (χ1n) is 11.0. The summed E-state index contributed by atoms with van der Waals surface area (Å²) in [5.74, 6) is 0.325. The van der Waals surface area contributed by atoms with Crippen LogP contribution in [0.1, 0.15) is 23.2 Å². The Morgan fingerprint density at radius 3 is 2.50 bits per heavy atom. The average Bonchev–Trinajstić information content (AvgIpc) is 3.28. The van der Waals surface area contributed by atoms with Gasteiger partial charge in [-0.3, -0.25) is 0 Å². The maximum Gasteiger partial charge on any atom is 0.335 e. The fourth-order valence-corrected chi connectivity index (χ4v) is 3.54. The Morgan fingerprint density at radius 1 is 0.912 bits per heavy atom. The quantitative estimate of drug-likeness (QED) is 0.252. The van der Waals surface area contributed by atoms with Gasteiger partial charge in [-0.1, -0.05) is 29.8 Å². The minimum atomic E-state index is -0.972. The SMILES string of the molecule is O=C(O)c1cccc(OCCCCN(CCOc2ccc(Cl)cc2)c2nc3ccccc3o2)c1. The molecule has 0 spiro atoms. The molecule has 4 aromatic rings. The molecule has 7 nitrogen and oxygen atoms in total. The van der Waals surface area contributed by atoms with Crippen LogP contribution in [0.2, 0.25) is 5.02 Å². The van der Waals surface area contributed by atoms with Crippen LogP contribution >= 0.6 is 11.6 Å². The molecule has 0 bridgehead atoms. The van der Waals surface area contributed by atoms with Crippen molar-refractivity contribution in [3.05, 3.63) is 83.4 Å². The molecule has 1 aromatic heterocycles. The van der Waals surface area contributed by atoms with E-state index in [9.17, 15) is 4.79 Å². The highest BCUT2D eigenvalue weighted by Crippen LogP contribution is 2.22. The van der Waals surface area contributed by atoms with Crippen LogP contribution in [0.4, 0.5) is 6.01 Å². The van der Waals surface area contributed by atoms with E-state index in [2.05, 4.69) is 9.88 Å². The summed E-state index contributed by atoms with van der Waals surface area (Å²) in [7, 11) is 0. The minimum Gasteiger partial charge on any atom is -0.494 e. The van der Waals surface area contributed by atoms with E-state index in [0.717, 1.165) is 29.7 Å². The second-order valence-electron chi connectivity index (χ2n) is 7.64. The Balaban J connectivity index is 1.32. The van der Waals surface area contributed by atoms with Crippen LogP contribution in [-0.4, -0.2) is 42.4 Å². The number of unbranched alkanes of at least 4 members (excludes halogenated alkanes) is 1. The molecule has 4 rings (SSSR count). The molecule has 0 aliphatic rings. The molecular weight excluding hydrogens is 456 g/mol. The van der Waals surface area contributed by atoms with E-state index >= 15 is 0 Å². The first-order valence-corrected chi connectivity index (χ1v) is 11.4. The summed E-state index contributed by atoms with van der Waals surface area (Å²) in [6.07, 6.45) is 1.62. The molecule has 0 amide bonds. The lowest BCUT2D eigenvalue weighted by molar-refractivity contribution is 0.0696. The van der Waals surface area contributed by atoms with Crippen LogP contribution < -0.4 is 14.4 Å². The fraction of sp³-hybridized carbons (Fsp3) is 0.231. The molecule has 0 aliphatic carbocycles. The van der Waals surface area contributed by atoms with E-state index in [1.54, 1.807) is 30.3 Å². The Kier molecular flexibility index (Phi) is 7.88. The molecule has 1 N–H and O–H groups in total. The van der Waals surface area contributed by atoms with Gasteiger partial charge in [-0.15, -0.1) is 0 Å². The smallest absolute Gasteiger partial charge is 0.335 e. The highest BCUT2D eigenvalue weighted by molar-refractivity contribution is 6.30. The van der Waals surface area contributed by atoms with Crippen LogP contribution in [0.15, 0.2) is 77.2 Å². The number of hydrogen-bond donors (Lipinski definition) is 1. The van der Waals surface area contributed by atoms with E-state index in [-0.39, 0.29) is 5.56 Å². The molecule has 0 saturated carbocycles. The lowest BCUT2D eigenvalue weighted by Crippen LogP contribution is -2.30. The van der Waals surface area contributed by atoms with Crippen LogP contribution in [0.25, 0.3) is 11.1 Å². The number of rotatable bonds is 12. The van der Waals surface area contributed by atoms with Crippen molar-refractivity contribution in [3.63, 3.8) is 0 Å². The summed E-state index contributed by atoms with van der Waals surface area (Å²) in [6.45, 7) is 2.23. The largest absolute Gasteiger partial charge is 0.494 e. The molecule has 176 valence electrons. The van der Waals surface area contributed by atoms with Gasteiger partial charge in [-0.05, 0) is 67.4 Å². The normalized spacial score (nSPS) is 10.9.